The van der Waals surface area contributed by atoms with E-state index in [2.05, 4.69) is 20.5 Å². The maximum absolute atomic E-state index is 11.9. The van der Waals surface area contributed by atoms with Crippen LogP contribution in [-0.2, 0) is 6.54 Å². The first kappa shape index (κ1) is 11.0. The van der Waals surface area contributed by atoms with E-state index in [1.807, 2.05) is 24.3 Å². The van der Waals surface area contributed by atoms with Crippen molar-refractivity contribution < 1.29 is 4.79 Å². The summed E-state index contributed by atoms with van der Waals surface area (Å²) in [7, 11) is 0. The van der Waals surface area contributed by atoms with E-state index in [9.17, 15) is 4.79 Å². The predicted molar refractivity (Wildman–Crippen MR) is 66.0 cm³/mol. The summed E-state index contributed by atoms with van der Waals surface area (Å²) in [6.07, 6.45) is 4.09. The van der Waals surface area contributed by atoms with Gasteiger partial charge in [-0.15, -0.1) is 0 Å². The summed E-state index contributed by atoms with van der Waals surface area (Å²) in [5, 5.41) is 9.76. The van der Waals surface area contributed by atoms with E-state index in [-0.39, 0.29) is 5.91 Å². The molecule has 0 saturated heterocycles. The fourth-order valence-electron chi connectivity index (χ4n) is 1.82. The van der Waals surface area contributed by atoms with E-state index in [1.54, 1.807) is 6.20 Å². The average Bonchev–Trinajstić information content (AvgIpc) is 3.15. The molecule has 92 valence electrons. The molecule has 2 N–H and O–H groups in total. The molecule has 2 aromatic rings. The van der Waals surface area contributed by atoms with Crippen molar-refractivity contribution in [2.75, 3.05) is 0 Å². The topological polar surface area (TPSA) is 70.7 Å². The summed E-state index contributed by atoms with van der Waals surface area (Å²) in [6.45, 7) is 0.422. The third kappa shape index (κ3) is 2.40. The van der Waals surface area contributed by atoms with Gasteiger partial charge < -0.3 is 5.32 Å². The lowest BCUT2D eigenvalue weighted by Crippen LogP contribution is -2.23. The van der Waals surface area contributed by atoms with Gasteiger partial charge in [-0.25, -0.2) is 0 Å². The Balaban J connectivity index is 1.60. The van der Waals surface area contributed by atoms with Crippen LogP contribution in [0.3, 0.4) is 0 Å². The molecule has 1 aliphatic rings. The number of hydrogen-bond donors (Lipinski definition) is 2. The highest BCUT2D eigenvalue weighted by Gasteiger charge is 2.26. The number of aromatic nitrogens is 3. The Hall–Kier alpha value is -2.17. The molecule has 0 unspecified atom stereocenters. The van der Waals surface area contributed by atoms with Crippen LogP contribution < -0.4 is 5.32 Å². The van der Waals surface area contributed by atoms with Crippen molar-refractivity contribution in [3.63, 3.8) is 0 Å². The van der Waals surface area contributed by atoms with Crippen molar-refractivity contribution >= 4 is 5.91 Å². The molecule has 1 saturated carbocycles. The summed E-state index contributed by atoms with van der Waals surface area (Å²) in [5.74, 6) is 0.415. The smallest absolute Gasteiger partial charge is 0.272 e. The molecule has 0 aromatic carbocycles. The fourth-order valence-corrected chi connectivity index (χ4v) is 1.82. The van der Waals surface area contributed by atoms with Gasteiger partial charge >= 0.3 is 0 Å². The number of aromatic amines is 1. The van der Waals surface area contributed by atoms with E-state index < -0.39 is 0 Å². The Bertz CT molecular complexity index is 545. The number of amides is 1. The van der Waals surface area contributed by atoms with Gasteiger partial charge in [0, 0.05) is 17.8 Å². The lowest BCUT2D eigenvalue weighted by atomic mass is 10.2. The van der Waals surface area contributed by atoms with Gasteiger partial charge in [-0.05, 0) is 31.0 Å². The Morgan fingerprint density at radius 2 is 2.33 bits per heavy atom. The van der Waals surface area contributed by atoms with Crippen molar-refractivity contribution in [2.24, 2.45) is 0 Å². The lowest BCUT2D eigenvalue weighted by Gasteiger charge is -2.01. The molecule has 0 bridgehead atoms. The van der Waals surface area contributed by atoms with E-state index in [1.165, 1.54) is 12.8 Å². The third-order valence-corrected chi connectivity index (χ3v) is 3.00. The van der Waals surface area contributed by atoms with E-state index in [0.29, 0.717) is 18.2 Å². The first-order valence-electron chi connectivity index (χ1n) is 6.06. The Kier molecular flexibility index (Phi) is 2.80. The number of rotatable bonds is 4. The molecule has 0 spiro atoms. The summed E-state index contributed by atoms with van der Waals surface area (Å²) >= 11 is 0. The van der Waals surface area contributed by atoms with E-state index in [0.717, 1.165) is 11.4 Å². The normalized spacial score (nSPS) is 14.4. The van der Waals surface area contributed by atoms with Crippen LogP contribution in [0.2, 0.25) is 0 Å². The quantitative estimate of drug-likeness (QED) is 0.855. The maximum atomic E-state index is 11.9. The standard InChI is InChI=1S/C13H14N4O/c18-13(15-8-10-3-1-2-6-14-10)12-7-11(16-17-12)9-4-5-9/h1-3,6-7,9H,4-5,8H2,(H,15,18)(H,16,17). The number of carbonyl (C=O) groups excluding carboxylic acids is 1. The van der Waals surface area contributed by atoms with Crippen LogP contribution in [0.25, 0.3) is 0 Å². The Labute approximate surface area is 105 Å². The van der Waals surface area contributed by atoms with Gasteiger partial charge in [-0.1, -0.05) is 6.07 Å². The SMILES string of the molecule is O=C(NCc1ccccn1)c1cc(C2CC2)[nH]n1. The van der Waals surface area contributed by atoms with Crippen LogP contribution in [-0.4, -0.2) is 21.1 Å². The summed E-state index contributed by atoms with van der Waals surface area (Å²) < 4.78 is 0. The molecule has 0 atom stereocenters. The number of nitrogens with zero attached hydrogens (tertiary/aromatic N) is 2. The Morgan fingerprint density at radius 3 is 3.06 bits per heavy atom. The maximum Gasteiger partial charge on any atom is 0.272 e. The molecule has 18 heavy (non-hydrogen) atoms. The minimum Gasteiger partial charge on any atom is -0.345 e. The van der Waals surface area contributed by atoms with Gasteiger partial charge in [0.1, 0.15) is 5.69 Å². The molecule has 1 aliphatic carbocycles. The molecule has 1 amide bonds. The number of pyridine rings is 1. The largest absolute Gasteiger partial charge is 0.345 e. The lowest BCUT2D eigenvalue weighted by molar-refractivity contribution is 0.0945. The van der Waals surface area contributed by atoms with Crippen LogP contribution in [0, 0.1) is 0 Å². The first-order chi connectivity index (χ1) is 8.83. The molecule has 0 radical (unpaired) electrons. The average molecular weight is 242 g/mol. The monoisotopic (exact) mass is 242 g/mol. The highest BCUT2D eigenvalue weighted by molar-refractivity contribution is 5.92. The molecule has 2 aromatic heterocycles. The van der Waals surface area contributed by atoms with Gasteiger partial charge in [0.2, 0.25) is 0 Å². The number of carbonyl (C=O) groups is 1. The van der Waals surface area contributed by atoms with E-state index in [4.69, 9.17) is 0 Å². The van der Waals surface area contributed by atoms with Crippen LogP contribution in [0.15, 0.2) is 30.5 Å². The molecular formula is C13H14N4O. The molecule has 3 rings (SSSR count). The number of H-pyrrole nitrogens is 1. The van der Waals surface area contributed by atoms with Crippen molar-refractivity contribution in [1.29, 1.82) is 0 Å². The van der Waals surface area contributed by atoms with Gasteiger partial charge in [-0.2, -0.15) is 5.10 Å². The van der Waals surface area contributed by atoms with Crippen LogP contribution in [0.5, 0.6) is 0 Å². The summed E-state index contributed by atoms with van der Waals surface area (Å²) in [6, 6.07) is 7.46. The highest BCUT2D eigenvalue weighted by Crippen LogP contribution is 2.38. The molecule has 1 fully saturated rings. The minimum atomic E-state index is -0.163. The molecule has 5 nitrogen and oxygen atoms in total. The van der Waals surface area contributed by atoms with Crippen molar-refractivity contribution in [3.8, 4) is 0 Å². The van der Waals surface area contributed by atoms with Crippen LogP contribution >= 0.6 is 0 Å². The van der Waals surface area contributed by atoms with Crippen LogP contribution in [0.1, 0.15) is 40.6 Å². The Morgan fingerprint density at radius 1 is 1.44 bits per heavy atom. The number of nitrogens with one attached hydrogen (secondary N) is 2. The van der Waals surface area contributed by atoms with Gasteiger partial charge in [0.15, 0.2) is 0 Å². The fraction of sp³-hybridized carbons (Fsp3) is 0.308. The van der Waals surface area contributed by atoms with Gasteiger partial charge in [0.25, 0.3) is 5.91 Å². The molecule has 5 heteroatoms. The predicted octanol–water partition coefficient (Wildman–Crippen LogP) is 1.61. The third-order valence-electron chi connectivity index (χ3n) is 3.00. The highest BCUT2D eigenvalue weighted by atomic mass is 16.1. The zero-order valence-electron chi connectivity index (χ0n) is 9.89. The summed E-state index contributed by atoms with van der Waals surface area (Å²) in [4.78, 5) is 16.0. The molecular weight excluding hydrogens is 228 g/mol. The van der Waals surface area contributed by atoms with Crippen LogP contribution in [0.4, 0.5) is 0 Å². The second-order valence-electron chi connectivity index (χ2n) is 4.49. The molecule has 0 aliphatic heterocycles. The zero-order valence-corrected chi connectivity index (χ0v) is 9.89. The molecule has 2 heterocycles. The van der Waals surface area contributed by atoms with Gasteiger partial charge in [-0.3, -0.25) is 14.9 Å². The summed E-state index contributed by atoms with van der Waals surface area (Å²) in [5.41, 5.74) is 2.36. The second kappa shape index (κ2) is 4.60. The van der Waals surface area contributed by atoms with Crippen molar-refractivity contribution in [1.82, 2.24) is 20.5 Å². The minimum absolute atomic E-state index is 0.163. The van der Waals surface area contributed by atoms with Crippen molar-refractivity contribution in [3.05, 3.63) is 47.5 Å². The second-order valence-corrected chi connectivity index (χ2v) is 4.49. The van der Waals surface area contributed by atoms with Gasteiger partial charge in [0.05, 0.1) is 12.2 Å². The van der Waals surface area contributed by atoms with Crippen molar-refractivity contribution in [2.45, 2.75) is 25.3 Å². The number of hydrogen-bond acceptors (Lipinski definition) is 3. The zero-order chi connectivity index (χ0) is 12.4. The van der Waals surface area contributed by atoms with E-state index >= 15 is 0 Å². The first-order valence-corrected chi connectivity index (χ1v) is 6.06.